The molecule has 22 heavy (non-hydrogen) atoms. The number of halogens is 2. The van der Waals surface area contributed by atoms with Crippen LogP contribution in [0.1, 0.15) is 23.6 Å². The first-order chi connectivity index (χ1) is 10.3. The van der Waals surface area contributed by atoms with Crippen molar-refractivity contribution in [3.63, 3.8) is 0 Å². The van der Waals surface area contributed by atoms with Crippen molar-refractivity contribution in [2.45, 2.75) is 25.7 Å². The molecule has 6 heteroatoms. The van der Waals surface area contributed by atoms with E-state index in [1.165, 1.54) is 12.1 Å². The summed E-state index contributed by atoms with van der Waals surface area (Å²) >= 11 is 0. The summed E-state index contributed by atoms with van der Waals surface area (Å²) in [7, 11) is 0. The summed E-state index contributed by atoms with van der Waals surface area (Å²) in [6.07, 6.45) is 2.83. The fraction of sp³-hybridized carbons (Fsp3) is 0.250. The predicted octanol–water partition coefficient (Wildman–Crippen LogP) is 3.47. The Morgan fingerprint density at radius 2 is 1.91 bits per heavy atom. The normalized spacial score (nSPS) is 11.2. The van der Waals surface area contributed by atoms with Crippen LogP contribution in [0.15, 0.2) is 42.6 Å². The third-order valence-electron chi connectivity index (χ3n) is 3.21. The average molecular weight is 305 g/mol. The third-order valence-corrected chi connectivity index (χ3v) is 3.21. The minimum absolute atomic E-state index is 0.0100. The van der Waals surface area contributed by atoms with Crippen molar-refractivity contribution < 1.29 is 13.6 Å². The predicted molar refractivity (Wildman–Crippen MR) is 80.9 cm³/mol. The number of carbonyl (C=O) groups is 1. The van der Waals surface area contributed by atoms with Gasteiger partial charge in [0, 0.05) is 18.7 Å². The van der Waals surface area contributed by atoms with Crippen molar-refractivity contribution in [3.05, 3.63) is 59.3 Å². The van der Waals surface area contributed by atoms with Gasteiger partial charge in [-0.1, -0.05) is 18.2 Å². The summed E-state index contributed by atoms with van der Waals surface area (Å²) in [6, 6.07) is 9.23. The quantitative estimate of drug-likeness (QED) is 0.888. The van der Waals surface area contributed by atoms with E-state index in [1.54, 1.807) is 18.3 Å². The Morgan fingerprint density at radius 1 is 1.23 bits per heavy atom. The first-order valence-electron chi connectivity index (χ1n) is 6.83. The molecule has 1 aromatic heterocycles. The molecule has 3 N–H and O–H groups in total. The largest absolute Gasteiger partial charge is 0.351 e. The summed E-state index contributed by atoms with van der Waals surface area (Å²) in [6.45, 7) is 0.886. The van der Waals surface area contributed by atoms with Gasteiger partial charge in [-0.15, -0.1) is 0 Å². The van der Waals surface area contributed by atoms with Crippen molar-refractivity contribution in [1.29, 1.82) is 0 Å². The number of hydrogen-bond donors (Lipinski definition) is 2. The van der Waals surface area contributed by atoms with Gasteiger partial charge in [0.05, 0.1) is 0 Å². The summed E-state index contributed by atoms with van der Waals surface area (Å²) in [5.74, 6) is -2.47. The van der Waals surface area contributed by atoms with Gasteiger partial charge in [-0.2, -0.15) is 0 Å². The highest BCUT2D eigenvalue weighted by molar-refractivity contribution is 5.86. The molecular weight excluding hydrogens is 288 g/mol. The highest BCUT2D eigenvalue weighted by Gasteiger charge is 2.23. The molecule has 0 aliphatic heterocycles. The summed E-state index contributed by atoms with van der Waals surface area (Å²) in [5, 5.41) is 2.40. The number of nitrogens with one attached hydrogen (secondary N) is 1. The second kappa shape index (κ2) is 6.51. The minimum Gasteiger partial charge on any atom is -0.351 e. The van der Waals surface area contributed by atoms with E-state index in [9.17, 15) is 13.6 Å². The minimum atomic E-state index is -2.84. The maximum atomic E-state index is 13.3. The number of benzene rings is 1. The molecule has 4 nitrogen and oxygen atoms in total. The van der Waals surface area contributed by atoms with E-state index in [-0.39, 0.29) is 5.56 Å². The van der Waals surface area contributed by atoms with Crippen LogP contribution in [0.25, 0.3) is 0 Å². The number of rotatable bonds is 5. The lowest BCUT2D eigenvalue weighted by atomic mass is 10.0. The Morgan fingerprint density at radius 3 is 2.55 bits per heavy atom. The molecule has 0 saturated heterocycles. The van der Waals surface area contributed by atoms with Crippen LogP contribution >= 0.6 is 0 Å². The van der Waals surface area contributed by atoms with Crippen molar-refractivity contribution >= 4 is 11.8 Å². The van der Waals surface area contributed by atoms with Gasteiger partial charge in [0.15, 0.2) is 0 Å². The zero-order valence-corrected chi connectivity index (χ0v) is 12.1. The number of anilines is 1. The fourth-order valence-electron chi connectivity index (χ4n) is 2.11. The van der Waals surface area contributed by atoms with Crippen LogP contribution in [-0.2, 0) is 18.8 Å². The number of aromatic nitrogens is 1. The van der Waals surface area contributed by atoms with Crippen molar-refractivity contribution in [2.75, 3.05) is 5.32 Å². The number of hydrogen-bond acceptors (Lipinski definition) is 2. The maximum Gasteiger partial charge on any atom is 0.317 e. The van der Waals surface area contributed by atoms with Crippen LogP contribution in [0, 0.1) is 0 Å². The van der Waals surface area contributed by atoms with Gasteiger partial charge in [-0.05, 0) is 42.2 Å². The van der Waals surface area contributed by atoms with Gasteiger partial charge in [0.1, 0.15) is 5.82 Å². The number of nitrogens with zero attached hydrogens (tertiary/aromatic N) is 1. The lowest BCUT2D eigenvalue weighted by Crippen LogP contribution is -2.20. The number of carbonyl (C=O) groups excluding carboxylic acids is 1. The van der Waals surface area contributed by atoms with E-state index in [1.807, 2.05) is 12.1 Å². The molecule has 0 aliphatic carbocycles. The first kappa shape index (κ1) is 15.9. The molecule has 116 valence electrons. The van der Waals surface area contributed by atoms with E-state index in [0.29, 0.717) is 18.7 Å². The van der Waals surface area contributed by atoms with E-state index in [4.69, 9.17) is 5.73 Å². The lowest BCUT2D eigenvalue weighted by molar-refractivity contribution is 0.0174. The number of urea groups is 1. The van der Waals surface area contributed by atoms with Crippen molar-refractivity contribution in [2.24, 2.45) is 5.73 Å². The number of nitrogens with two attached hydrogens (primary N) is 1. The van der Waals surface area contributed by atoms with E-state index in [2.05, 4.69) is 10.3 Å². The van der Waals surface area contributed by atoms with Crippen molar-refractivity contribution in [3.8, 4) is 0 Å². The highest BCUT2D eigenvalue weighted by Crippen LogP contribution is 2.27. The summed E-state index contributed by atoms with van der Waals surface area (Å²) < 4.78 is 26.6. The van der Waals surface area contributed by atoms with Crippen LogP contribution in [-0.4, -0.2) is 11.0 Å². The molecule has 0 bridgehead atoms. The number of amides is 2. The standard InChI is InChI=1S/C16H17F2N3O/c1-16(17,18)13-4-2-3-11(9-13)5-6-12-7-8-20-14(10-12)21-15(19)22/h2-4,7-10H,5-6H2,1H3,(H3,19,20,21,22). The molecule has 2 amide bonds. The van der Waals surface area contributed by atoms with Gasteiger partial charge in [0.25, 0.3) is 5.92 Å². The molecule has 0 spiro atoms. The summed E-state index contributed by atoms with van der Waals surface area (Å²) in [5.41, 5.74) is 6.82. The van der Waals surface area contributed by atoms with Crippen LogP contribution in [0.2, 0.25) is 0 Å². The lowest BCUT2D eigenvalue weighted by Gasteiger charge is -2.12. The zero-order chi connectivity index (χ0) is 16.2. The molecule has 0 atom stereocenters. The van der Waals surface area contributed by atoms with Crippen LogP contribution < -0.4 is 11.1 Å². The molecule has 2 rings (SSSR count). The Bertz CT molecular complexity index is 668. The van der Waals surface area contributed by atoms with Gasteiger partial charge in [-0.25, -0.2) is 18.6 Å². The monoisotopic (exact) mass is 305 g/mol. The van der Waals surface area contributed by atoms with Crippen molar-refractivity contribution in [1.82, 2.24) is 4.98 Å². The van der Waals surface area contributed by atoms with Gasteiger partial charge in [0.2, 0.25) is 0 Å². The molecule has 0 fully saturated rings. The SMILES string of the molecule is CC(F)(F)c1cccc(CCc2ccnc(NC(N)=O)c2)c1. The Hall–Kier alpha value is -2.50. The molecule has 0 aliphatic rings. The zero-order valence-electron chi connectivity index (χ0n) is 12.1. The molecule has 1 heterocycles. The second-order valence-corrected chi connectivity index (χ2v) is 5.13. The average Bonchev–Trinajstić information content (AvgIpc) is 2.44. The third kappa shape index (κ3) is 4.51. The molecule has 0 saturated carbocycles. The number of alkyl halides is 2. The second-order valence-electron chi connectivity index (χ2n) is 5.13. The van der Waals surface area contributed by atoms with Gasteiger partial charge >= 0.3 is 6.03 Å². The summed E-state index contributed by atoms with van der Waals surface area (Å²) in [4.78, 5) is 14.8. The molecule has 0 radical (unpaired) electrons. The van der Waals surface area contributed by atoms with Crippen LogP contribution in [0.5, 0.6) is 0 Å². The van der Waals surface area contributed by atoms with E-state index in [0.717, 1.165) is 18.1 Å². The maximum absolute atomic E-state index is 13.3. The highest BCUT2D eigenvalue weighted by atomic mass is 19.3. The van der Waals surface area contributed by atoms with E-state index < -0.39 is 12.0 Å². The Labute approximate surface area is 127 Å². The topological polar surface area (TPSA) is 68.0 Å². The molecular formula is C16H17F2N3O. The first-order valence-corrected chi connectivity index (χ1v) is 6.83. The van der Waals surface area contributed by atoms with Gasteiger partial charge in [-0.3, -0.25) is 5.32 Å². The van der Waals surface area contributed by atoms with Gasteiger partial charge < -0.3 is 5.73 Å². The molecule has 1 aromatic carbocycles. The molecule has 2 aromatic rings. The molecule has 0 unspecified atom stereocenters. The number of pyridine rings is 1. The number of primary amides is 1. The fourth-order valence-corrected chi connectivity index (χ4v) is 2.11. The Kier molecular flexibility index (Phi) is 4.70. The van der Waals surface area contributed by atoms with Crippen LogP contribution in [0.3, 0.4) is 0 Å². The number of aryl methyl sites for hydroxylation is 2. The van der Waals surface area contributed by atoms with Crippen LogP contribution in [0.4, 0.5) is 19.4 Å². The smallest absolute Gasteiger partial charge is 0.317 e. The Balaban J connectivity index is 2.05. The van der Waals surface area contributed by atoms with E-state index >= 15 is 0 Å².